The van der Waals surface area contributed by atoms with E-state index in [1.54, 1.807) is 41.4 Å². The number of aromatic nitrogens is 3. The van der Waals surface area contributed by atoms with Crippen molar-refractivity contribution >= 4 is 17.4 Å². The number of hydrogen-bond acceptors (Lipinski definition) is 6. The maximum Gasteiger partial charge on any atom is 0.258 e. The van der Waals surface area contributed by atoms with Crippen LogP contribution in [0.25, 0.3) is 5.69 Å². The molecule has 0 radical (unpaired) electrons. The minimum Gasteiger partial charge on any atom is -0.487 e. The molecule has 0 atom stereocenters. The number of halogens is 1. The van der Waals surface area contributed by atoms with Crippen molar-refractivity contribution < 1.29 is 4.74 Å². The zero-order valence-electron chi connectivity index (χ0n) is 17.3. The molecule has 0 aromatic carbocycles. The normalized spacial score (nSPS) is 14.6. The van der Waals surface area contributed by atoms with Crippen LogP contribution in [-0.2, 0) is 6.61 Å². The Morgan fingerprint density at radius 1 is 1.10 bits per heavy atom. The lowest BCUT2D eigenvalue weighted by Gasteiger charge is -2.32. The monoisotopic (exact) mass is 439 g/mol. The average Bonchev–Trinajstić information content (AvgIpc) is 2.80. The van der Waals surface area contributed by atoms with Gasteiger partial charge in [-0.15, -0.1) is 0 Å². The Kier molecular flexibility index (Phi) is 6.84. The first-order valence-corrected chi connectivity index (χ1v) is 10.9. The van der Waals surface area contributed by atoms with Crippen LogP contribution in [0.1, 0.15) is 25.0 Å². The minimum absolute atomic E-state index is 0.182. The second-order valence-corrected chi connectivity index (χ2v) is 8.15. The van der Waals surface area contributed by atoms with E-state index in [1.807, 2.05) is 12.1 Å². The smallest absolute Gasteiger partial charge is 0.258 e. The molecule has 3 aromatic rings. The van der Waals surface area contributed by atoms with Crippen LogP contribution >= 0.6 is 11.6 Å². The molecule has 2 N–H and O–H groups in total. The summed E-state index contributed by atoms with van der Waals surface area (Å²) in [6, 6.07) is 10.7. The lowest BCUT2D eigenvalue weighted by Crippen LogP contribution is -2.34. The Labute approximate surface area is 186 Å². The van der Waals surface area contributed by atoms with Crippen LogP contribution in [0, 0.1) is 5.92 Å². The first kappa shape index (κ1) is 21.3. The van der Waals surface area contributed by atoms with E-state index in [0.717, 1.165) is 62.0 Å². The van der Waals surface area contributed by atoms with Gasteiger partial charge in [0.05, 0.1) is 22.6 Å². The summed E-state index contributed by atoms with van der Waals surface area (Å²) >= 11 is 5.84. The van der Waals surface area contributed by atoms with Crippen molar-refractivity contribution in [3.05, 3.63) is 76.1 Å². The van der Waals surface area contributed by atoms with E-state index in [-0.39, 0.29) is 12.2 Å². The second kappa shape index (κ2) is 9.94. The summed E-state index contributed by atoms with van der Waals surface area (Å²) in [4.78, 5) is 23.6. The van der Waals surface area contributed by atoms with Gasteiger partial charge in [0.25, 0.3) is 5.56 Å². The molecule has 31 heavy (non-hydrogen) atoms. The molecule has 8 heteroatoms. The van der Waals surface area contributed by atoms with Crippen molar-refractivity contribution in [2.75, 3.05) is 24.5 Å². The van der Waals surface area contributed by atoms with Crippen LogP contribution in [0.2, 0.25) is 5.02 Å². The SMILES string of the molecule is NCCC1CCN(c2ccc(-n3ccc(OCc4ccc(Cl)cn4)cc3=O)cn2)CC1. The molecule has 0 bridgehead atoms. The quantitative estimate of drug-likeness (QED) is 0.607. The highest BCUT2D eigenvalue weighted by atomic mass is 35.5. The minimum atomic E-state index is -0.182. The van der Waals surface area contributed by atoms with Crippen molar-refractivity contribution in [3.8, 4) is 11.4 Å². The van der Waals surface area contributed by atoms with Gasteiger partial charge in [-0.25, -0.2) is 4.98 Å². The van der Waals surface area contributed by atoms with Gasteiger partial charge in [0.2, 0.25) is 0 Å². The third-order valence-corrected chi connectivity index (χ3v) is 5.81. The van der Waals surface area contributed by atoms with Crippen LogP contribution in [0.5, 0.6) is 5.75 Å². The Morgan fingerprint density at radius 2 is 1.94 bits per heavy atom. The fourth-order valence-electron chi connectivity index (χ4n) is 3.81. The van der Waals surface area contributed by atoms with Crippen molar-refractivity contribution in [2.24, 2.45) is 11.7 Å². The molecule has 0 amide bonds. The molecule has 1 aliphatic rings. The maximum atomic E-state index is 12.6. The number of ether oxygens (including phenoxy) is 1. The van der Waals surface area contributed by atoms with Gasteiger partial charge in [-0.05, 0) is 62.1 Å². The van der Waals surface area contributed by atoms with Crippen molar-refractivity contribution in [1.29, 1.82) is 0 Å². The Hall–Kier alpha value is -2.90. The van der Waals surface area contributed by atoms with Gasteiger partial charge in [-0.1, -0.05) is 11.6 Å². The standard InChI is InChI=1S/C23H26ClN5O2/c24-18-1-2-19(26-14-18)16-31-21-8-12-29(23(30)13-21)20-3-4-22(27-15-20)28-10-6-17(5-9-25)7-11-28/h1-4,8,12-15,17H,5-7,9-11,16,25H2. The van der Waals surface area contributed by atoms with Crippen molar-refractivity contribution in [3.63, 3.8) is 0 Å². The third kappa shape index (κ3) is 5.42. The summed E-state index contributed by atoms with van der Waals surface area (Å²) in [7, 11) is 0. The summed E-state index contributed by atoms with van der Waals surface area (Å²) in [6.45, 7) is 3.00. The molecule has 0 aliphatic carbocycles. The van der Waals surface area contributed by atoms with Crippen LogP contribution in [-0.4, -0.2) is 34.2 Å². The topological polar surface area (TPSA) is 86.3 Å². The molecule has 4 rings (SSSR count). The Morgan fingerprint density at radius 3 is 2.58 bits per heavy atom. The third-order valence-electron chi connectivity index (χ3n) is 5.59. The number of piperidine rings is 1. The van der Waals surface area contributed by atoms with E-state index >= 15 is 0 Å². The summed E-state index contributed by atoms with van der Waals surface area (Å²) in [5, 5.41) is 0.571. The number of rotatable bonds is 7. The van der Waals surface area contributed by atoms with Crippen LogP contribution in [0.4, 0.5) is 5.82 Å². The number of anilines is 1. The fraction of sp³-hybridized carbons (Fsp3) is 0.348. The first-order chi connectivity index (χ1) is 15.1. The summed E-state index contributed by atoms with van der Waals surface area (Å²) in [5.41, 5.74) is 6.95. The van der Waals surface area contributed by atoms with E-state index in [4.69, 9.17) is 22.1 Å². The van der Waals surface area contributed by atoms with Gasteiger partial charge >= 0.3 is 0 Å². The van der Waals surface area contributed by atoms with Crippen LogP contribution in [0.15, 0.2) is 59.8 Å². The van der Waals surface area contributed by atoms with E-state index in [0.29, 0.717) is 10.8 Å². The number of pyridine rings is 3. The molecule has 1 saturated heterocycles. The van der Waals surface area contributed by atoms with E-state index in [2.05, 4.69) is 14.9 Å². The number of nitrogens with two attached hydrogens (primary N) is 1. The van der Waals surface area contributed by atoms with E-state index in [9.17, 15) is 4.79 Å². The summed E-state index contributed by atoms with van der Waals surface area (Å²) < 4.78 is 7.23. The number of hydrogen-bond donors (Lipinski definition) is 1. The molecule has 7 nitrogen and oxygen atoms in total. The molecule has 1 fully saturated rings. The number of nitrogens with zero attached hydrogens (tertiary/aromatic N) is 4. The molecule has 1 aliphatic heterocycles. The zero-order chi connectivity index (χ0) is 21.6. The van der Waals surface area contributed by atoms with Gasteiger partial charge in [0, 0.05) is 31.5 Å². The summed E-state index contributed by atoms with van der Waals surface area (Å²) in [5.74, 6) is 2.15. The second-order valence-electron chi connectivity index (χ2n) is 7.71. The highest BCUT2D eigenvalue weighted by Crippen LogP contribution is 2.24. The van der Waals surface area contributed by atoms with Crippen LogP contribution < -0.4 is 20.9 Å². The molecular formula is C23H26ClN5O2. The molecule has 162 valence electrons. The zero-order valence-corrected chi connectivity index (χ0v) is 18.0. The molecule has 0 saturated carbocycles. The molecular weight excluding hydrogens is 414 g/mol. The molecule has 0 unspecified atom stereocenters. The van der Waals surface area contributed by atoms with Gasteiger partial charge in [-0.3, -0.25) is 14.3 Å². The Bertz CT molecular complexity index is 1040. The van der Waals surface area contributed by atoms with E-state index < -0.39 is 0 Å². The van der Waals surface area contributed by atoms with Gasteiger partial charge in [-0.2, -0.15) is 0 Å². The van der Waals surface area contributed by atoms with Gasteiger partial charge in [0.1, 0.15) is 18.2 Å². The highest BCUT2D eigenvalue weighted by molar-refractivity contribution is 6.30. The molecule has 4 heterocycles. The molecule has 3 aromatic heterocycles. The molecule has 0 spiro atoms. The Balaban J connectivity index is 1.39. The van der Waals surface area contributed by atoms with Crippen LogP contribution in [0.3, 0.4) is 0 Å². The lowest BCUT2D eigenvalue weighted by molar-refractivity contribution is 0.300. The predicted molar refractivity (Wildman–Crippen MR) is 122 cm³/mol. The predicted octanol–water partition coefficient (Wildman–Crippen LogP) is 3.43. The van der Waals surface area contributed by atoms with Gasteiger partial charge in [0.15, 0.2) is 0 Å². The first-order valence-electron chi connectivity index (χ1n) is 10.5. The highest BCUT2D eigenvalue weighted by Gasteiger charge is 2.19. The summed E-state index contributed by atoms with van der Waals surface area (Å²) in [6.07, 6.45) is 8.39. The van der Waals surface area contributed by atoms with E-state index in [1.165, 1.54) is 6.07 Å². The van der Waals surface area contributed by atoms with Crippen molar-refractivity contribution in [2.45, 2.75) is 25.9 Å². The average molecular weight is 440 g/mol. The lowest BCUT2D eigenvalue weighted by atomic mass is 9.94. The van der Waals surface area contributed by atoms with Gasteiger partial charge < -0.3 is 15.4 Å². The maximum absolute atomic E-state index is 12.6. The largest absolute Gasteiger partial charge is 0.487 e. The van der Waals surface area contributed by atoms with Crippen molar-refractivity contribution in [1.82, 2.24) is 14.5 Å². The fourth-order valence-corrected chi connectivity index (χ4v) is 3.92.